The molecule has 0 heterocycles. The van der Waals surface area contributed by atoms with Gasteiger partial charge in [0.05, 0.1) is 17.7 Å². The molecule has 0 bridgehead atoms. The molecule has 4 aromatic carbocycles. The Morgan fingerprint density at radius 1 is 0.864 bits per heavy atom. The Labute approximate surface area is 258 Å². The maximum atomic E-state index is 15.2. The first-order valence-electron chi connectivity index (χ1n) is 14.3. The number of carbonyl (C=O) groups excluding carboxylic acids is 2. The van der Waals surface area contributed by atoms with Crippen LogP contribution in [0.15, 0.2) is 114 Å². The second kappa shape index (κ2) is 15.2. The van der Waals surface area contributed by atoms with E-state index in [1.165, 1.54) is 42.3 Å². The van der Waals surface area contributed by atoms with Gasteiger partial charge in [-0.1, -0.05) is 79.7 Å². The van der Waals surface area contributed by atoms with Crippen LogP contribution in [0.1, 0.15) is 24.5 Å². The molecule has 0 aromatic heterocycles. The summed E-state index contributed by atoms with van der Waals surface area (Å²) in [6, 6.07) is 28.3. The van der Waals surface area contributed by atoms with Gasteiger partial charge in [-0.3, -0.25) is 13.9 Å². The van der Waals surface area contributed by atoms with Gasteiger partial charge in [0, 0.05) is 19.5 Å². The second-order valence-electron chi connectivity index (χ2n) is 10.1. The minimum Gasteiger partial charge on any atom is -0.497 e. The molecule has 8 nitrogen and oxygen atoms in total. The first-order valence-corrected chi connectivity index (χ1v) is 15.7. The maximum absolute atomic E-state index is 15.2. The van der Waals surface area contributed by atoms with Crippen molar-refractivity contribution in [2.45, 2.75) is 37.2 Å². The highest BCUT2D eigenvalue weighted by atomic mass is 32.2. The average Bonchev–Trinajstić information content (AvgIpc) is 3.05. The number of ether oxygens (including phenoxy) is 1. The smallest absolute Gasteiger partial charge is 0.264 e. The number of sulfonamides is 1. The van der Waals surface area contributed by atoms with Crippen LogP contribution in [0.3, 0.4) is 0 Å². The van der Waals surface area contributed by atoms with Crippen LogP contribution in [0.4, 0.5) is 10.1 Å². The number of amides is 2. The molecule has 0 saturated carbocycles. The average molecular weight is 618 g/mol. The van der Waals surface area contributed by atoms with E-state index >= 15 is 4.39 Å². The SMILES string of the molecule is CCCNC(=O)C(Cc1ccccc1)N(Cc1cccc(OC)c1)C(=O)CN(c1ccccc1F)S(=O)(=O)c1ccccc1. The number of hydrogen-bond acceptors (Lipinski definition) is 5. The summed E-state index contributed by atoms with van der Waals surface area (Å²) in [5.74, 6) is -1.30. The highest BCUT2D eigenvalue weighted by Gasteiger charge is 2.35. The standard InChI is InChI=1S/C34H36FN3O5S/c1-3-21-36-34(40)32(23-26-13-6-4-7-14-26)37(24-27-15-12-16-28(22-27)43-2)33(39)25-38(31-20-11-10-19-30(31)35)44(41,42)29-17-8-5-9-18-29/h4-20,22,32H,3,21,23-25H2,1-2H3,(H,36,40). The number of nitrogens with one attached hydrogen (secondary N) is 1. The number of benzene rings is 4. The third kappa shape index (κ3) is 8.02. The first kappa shape index (κ1) is 32.2. The van der Waals surface area contributed by atoms with E-state index in [1.807, 2.05) is 37.3 Å². The van der Waals surface area contributed by atoms with Crippen LogP contribution < -0.4 is 14.4 Å². The molecule has 1 unspecified atom stereocenters. The predicted molar refractivity (Wildman–Crippen MR) is 168 cm³/mol. The van der Waals surface area contributed by atoms with Gasteiger partial charge in [-0.05, 0) is 53.9 Å². The molecule has 10 heteroatoms. The Balaban J connectivity index is 1.81. The lowest BCUT2D eigenvalue weighted by Gasteiger charge is -2.34. The van der Waals surface area contributed by atoms with Gasteiger partial charge >= 0.3 is 0 Å². The van der Waals surface area contributed by atoms with E-state index < -0.39 is 34.3 Å². The number of para-hydroxylation sites is 1. The number of halogens is 1. The second-order valence-corrected chi connectivity index (χ2v) is 12.0. The van der Waals surface area contributed by atoms with Crippen molar-refractivity contribution in [2.75, 3.05) is 24.5 Å². The lowest BCUT2D eigenvalue weighted by Crippen LogP contribution is -2.53. The molecule has 1 N–H and O–H groups in total. The van der Waals surface area contributed by atoms with Crippen molar-refractivity contribution in [3.05, 3.63) is 126 Å². The van der Waals surface area contributed by atoms with Crippen LogP contribution in [-0.2, 0) is 32.6 Å². The zero-order chi connectivity index (χ0) is 31.5. The molecule has 4 rings (SSSR count). The van der Waals surface area contributed by atoms with Crippen molar-refractivity contribution in [3.63, 3.8) is 0 Å². The van der Waals surface area contributed by atoms with Gasteiger partial charge in [0.25, 0.3) is 10.0 Å². The Morgan fingerprint density at radius 3 is 2.16 bits per heavy atom. The molecule has 230 valence electrons. The van der Waals surface area contributed by atoms with E-state index in [1.54, 1.807) is 42.5 Å². The first-order chi connectivity index (χ1) is 21.2. The molecule has 0 aliphatic carbocycles. The van der Waals surface area contributed by atoms with Crippen LogP contribution >= 0.6 is 0 Å². The van der Waals surface area contributed by atoms with Gasteiger partial charge in [-0.2, -0.15) is 0 Å². The highest BCUT2D eigenvalue weighted by molar-refractivity contribution is 7.92. The molecular weight excluding hydrogens is 581 g/mol. The zero-order valence-corrected chi connectivity index (χ0v) is 25.5. The minimum atomic E-state index is -4.38. The molecule has 1 atom stereocenters. The molecule has 0 saturated heterocycles. The Kier molecular flexibility index (Phi) is 11.1. The normalized spacial score (nSPS) is 11.8. The summed E-state index contributed by atoms with van der Waals surface area (Å²) in [5, 5.41) is 2.90. The molecule has 0 radical (unpaired) electrons. The molecule has 2 amide bonds. The fourth-order valence-electron chi connectivity index (χ4n) is 4.77. The molecule has 0 spiro atoms. The van der Waals surface area contributed by atoms with Crippen LogP contribution in [0.5, 0.6) is 5.75 Å². The highest BCUT2D eigenvalue weighted by Crippen LogP contribution is 2.27. The number of hydrogen-bond donors (Lipinski definition) is 1. The summed E-state index contributed by atoms with van der Waals surface area (Å²) in [6.45, 7) is 1.56. The van der Waals surface area contributed by atoms with Crippen LogP contribution in [0.25, 0.3) is 0 Å². The summed E-state index contributed by atoms with van der Waals surface area (Å²) < 4.78 is 49.1. The van der Waals surface area contributed by atoms with Crippen molar-refractivity contribution in [1.29, 1.82) is 0 Å². The number of methoxy groups -OCH3 is 1. The number of nitrogens with zero attached hydrogens (tertiary/aromatic N) is 2. The lowest BCUT2D eigenvalue weighted by atomic mass is 10.0. The van der Waals surface area contributed by atoms with Gasteiger partial charge in [0.1, 0.15) is 24.2 Å². The van der Waals surface area contributed by atoms with Gasteiger partial charge in [0.15, 0.2) is 0 Å². The molecule has 4 aromatic rings. The van der Waals surface area contributed by atoms with Crippen molar-refractivity contribution < 1.29 is 27.1 Å². The summed E-state index contributed by atoms with van der Waals surface area (Å²) >= 11 is 0. The summed E-state index contributed by atoms with van der Waals surface area (Å²) in [7, 11) is -2.86. The summed E-state index contributed by atoms with van der Waals surface area (Å²) in [6.07, 6.45) is 0.862. The monoisotopic (exact) mass is 617 g/mol. The van der Waals surface area contributed by atoms with Gasteiger partial charge < -0.3 is 15.0 Å². The van der Waals surface area contributed by atoms with E-state index in [-0.39, 0.29) is 29.5 Å². The lowest BCUT2D eigenvalue weighted by molar-refractivity contribution is -0.140. The molecule has 0 aliphatic rings. The fraction of sp³-hybridized carbons (Fsp3) is 0.235. The summed E-state index contributed by atoms with van der Waals surface area (Å²) in [4.78, 5) is 29.3. The van der Waals surface area contributed by atoms with Gasteiger partial charge in [-0.25, -0.2) is 12.8 Å². The predicted octanol–water partition coefficient (Wildman–Crippen LogP) is 5.20. The van der Waals surface area contributed by atoms with E-state index in [2.05, 4.69) is 5.32 Å². The quantitative estimate of drug-likeness (QED) is 0.210. The Bertz CT molecular complexity index is 1650. The van der Waals surface area contributed by atoms with E-state index in [4.69, 9.17) is 4.74 Å². The van der Waals surface area contributed by atoms with Crippen LogP contribution in [-0.4, -0.2) is 51.4 Å². The molecular formula is C34H36FN3O5S. The van der Waals surface area contributed by atoms with Crippen molar-refractivity contribution >= 4 is 27.5 Å². The zero-order valence-electron chi connectivity index (χ0n) is 24.7. The number of anilines is 1. The third-order valence-electron chi connectivity index (χ3n) is 7.04. The maximum Gasteiger partial charge on any atom is 0.264 e. The fourth-order valence-corrected chi connectivity index (χ4v) is 6.22. The molecule has 0 fully saturated rings. The Hall–Kier alpha value is -4.70. The summed E-state index contributed by atoms with van der Waals surface area (Å²) in [5.41, 5.74) is 1.21. The van der Waals surface area contributed by atoms with Crippen molar-refractivity contribution in [1.82, 2.24) is 10.2 Å². The molecule has 0 aliphatic heterocycles. The largest absolute Gasteiger partial charge is 0.497 e. The Morgan fingerprint density at radius 2 is 1.50 bits per heavy atom. The van der Waals surface area contributed by atoms with E-state index in [9.17, 15) is 18.0 Å². The minimum absolute atomic E-state index is 0.0242. The topological polar surface area (TPSA) is 96.0 Å². The van der Waals surface area contributed by atoms with Gasteiger partial charge in [0.2, 0.25) is 11.8 Å². The van der Waals surface area contributed by atoms with Crippen molar-refractivity contribution in [2.24, 2.45) is 0 Å². The third-order valence-corrected chi connectivity index (χ3v) is 8.81. The molecule has 44 heavy (non-hydrogen) atoms. The van der Waals surface area contributed by atoms with Crippen molar-refractivity contribution in [3.8, 4) is 5.75 Å². The van der Waals surface area contributed by atoms with E-state index in [0.29, 0.717) is 24.3 Å². The van der Waals surface area contributed by atoms with Crippen LogP contribution in [0, 0.1) is 5.82 Å². The van der Waals surface area contributed by atoms with E-state index in [0.717, 1.165) is 15.9 Å². The van der Waals surface area contributed by atoms with Gasteiger partial charge in [-0.15, -0.1) is 0 Å². The van der Waals surface area contributed by atoms with Crippen LogP contribution in [0.2, 0.25) is 0 Å². The number of carbonyl (C=O) groups is 2. The number of rotatable bonds is 14.